The van der Waals surface area contributed by atoms with Crippen LogP contribution in [0.15, 0.2) is 77.4 Å². The largest absolute Gasteiger partial charge is 0.340 e. The first-order chi connectivity index (χ1) is 13.5. The Balaban J connectivity index is 1.67. The molecule has 0 aliphatic carbocycles. The molecule has 0 aliphatic heterocycles. The molecular weight excluding hydrogens is 452 g/mol. The highest BCUT2D eigenvalue weighted by Gasteiger charge is 2.12. The van der Waals surface area contributed by atoms with Crippen molar-refractivity contribution in [3.63, 3.8) is 0 Å². The van der Waals surface area contributed by atoms with Crippen molar-refractivity contribution in [3.8, 4) is 0 Å². The second-order valence-corrected chi connectivity index (χ2v) is 8.13. The number of fused-ring (bicyclic) bond motifs is 1. The quantitative estimate of drug-likeness (QED) is 0.249. The third-order valence-electron chi connectivity index (χ3n) is 4.61. The summed E-state index contributed by atoms with van der Waals surface area (Å²) in [6, 6.07) is 22.0. The van der Waals surface area contributed by atoms with E-state index < -0.39 is 0 Å². The molecule has 138 valence electrons. The Bertz CT molecular complexity index is 1210. The molecule has 0 bridgehead atoms. The normalized spacial score (nSPS) is 10.8. The highest BCUT2D eigenvalue weighted by atomic mass is 79.9. The molecule has 4 rings (SSSR count). The average molecular weight is 468 g/mol. The van der Waals surface area contributed by atoms with E-state index in [-0.39, 0.29) is 0 Å². The number of hydrogen-bond acceptors (Lipinski definition) is 3. The number of anilines is 2. The van der Waals surface area contributed by atoms with Gasteiger partial charge in [0.1, 0.15) is 5.82 Å². The predicted octanol–water partition coefficient (Wildman–Crippen LogP) is 7.47. The van der Waals surface area contributed by atoms with Crippen molar-refractivity contribution < 1.29 is 0 Å². The van der Waals surface area contributed by atoms with Gasteiger partial charge in [-0.1, -0.05) is 72.3 Å². The predicted molar refractivity (Wildman–Crippen MR) is 126 cm³/mol. The topological polar surface area (TPSA) is 24.9 Å². The number of thiocarbonyl (C=S) groups is 1. The first-order valence-corrected chi connectivity index (χ1v) is 10.3. The van der Waals surface area contributed by atoms with E-state index in [0.717, 1.165) is 48.3 Å². The second-order valence-electron chi connectivity index (χ2n) is 6.46. The van der Waals surface area contributed by atoms with Crippen LogP contribution in [0, 0.1) is 6.92 Å². The maximum Gasteiger partial charge on any atom is 0.138 e. The highest BCUT2D eigenvalue weighted by molar-refractivity contribution is 9.10. The Kier molecular flexibility index (Phi) is 5.44. The molecule has 0 saturated carbocycles. The molecule has 4 aromatic rings. The summed E-state index contributed by atoms with van der Waals surface area (Å²) in [6.07, 6.45) is 1.80. The Hall–Kier alpha value is -2.27. The molecule has 0 radical (unpaired) electrons. The average Bonchev–Trinajstić information content (AvgIpc) is 2.70. The van der Waals surface area contributed by atoms with Crippen LogP contribution < -0.4 is 5.32 Å². The van der Waals surface area contributed by atoms with Crippen molar-refractivity contribution in [3.05, 3.63) is 99.1 Å². The zero-order valence-corrected chi connectivity index (χ0v) is 18.2. The van der Waals surface area contributed by atoms with E-state index >= 15 is 0 Å². The molecule has 5 heteroatoms. The summed E-state index contributed by atoms with van der Waals surface area (Å²) in [4.78, 5) is 5.27. The fourth-order valence-corrected chi connectivity index (χ4v) is 4.33. The molecule has 0 saturated heterocycles. The van der Waals surface area contributed by atoms with Gasteiger partial charge in [-0.05, 0) is 52.2 Å². The van der Waals surface area contributed by atoms with Gasteiger partial charge in [-0.2, -0.15) is 0 Å². The lowest BCUT2D eigenvalue weighted by Gasteiger charge is -2.13. The van der Waals surface area contributed by atoms with Crippen LogP contribution in [0.1, 0.15) is 16.7 Å². The van der Waals surface area contributed by atoms with Crippen LogP contribution in [0.3, 0.4) is 0 Å². The molecule has 1 aromatic heterocycles. The van der Waals surface area contributed by atoms with Crippen molar-refractivity contribution in [1.29, 1.82) is 0 Å². The molecule has 0 unspecified atom stereocenters. The fourth-order valence-electron chi connectivity index (χ4n) is 3.14. The number of hydrogen-bond donors (Lipinski definition) is 1. The molecule has 28 heavy (non-hydrogen) atoms. The minimum atomic E-state index is 0.611. The molecule has 0 aliphatic rings. The van der Waals surface area contributed by atoms with Gasteiger partial charge in [0, 0.05) is 32.7 Å². The lowest BCUT2D eigenvalue weighted by Crippen LogP contribution is -2.03. The smallest absolute Gasteiger partial charge is 0.138 e. The molecule has 2 nitrogen and oxygen atoms in total. The minimum absolute atomic E-state index is 0.611. The van der Waals surface area contributed by atoms with E-state index in [9.17, 15) is 0 Å². The maximum absolute atomic E-state index is 6.58. The standard InChI is InChI=1S/C23H16BrClN2S/c1-14-6-2-3-7-16(14)22(28)19-11-10-15(12-21(19)25)27-23-18-9-5-4-8-17(18)20(24)13-26-23/h2-13H,1H3,(H,26,27). The van der Waals surface area contributed by atoms with Gasteiger partial charge in [-0.25, -0.2) is 4.98 Å². The van der Waals surface area contributed by atoms with Crippen molar-refractivity contribution in [2.75, 3.05) is 5.32 Å². The van der Waals surface area contributed by atoms with Crippen LogP contribution >= 0.6 is 39.7 Å². The minimum Gasteiger partial charge on any atom is -0.340 e. The lowest BCUT2D eigenvalue weighted by molar-refractivity contribution is 1.32. The third kappa shape index (κ3) is 3.68. The van der Waals surface area contributed by atoms with Crippen LogP contribution in [0.2, 0.25) is 5.02 Å². The lowest BCUT2D eigenvalue weighted by atomic mass is 10.00. The van der Waals surface area contributed by atoms with Gasteiger partial charge in [0.05, 0.1) is 9.89 Å². The molecule has 0 amide bonds. The highest BCUT2D eigenvalue weighted by Crippen LogP contribution is 2.31. The summed E-state index contributed by atoms with van der Waals surface area (Å²) in [5, 5.41) is 6.12. The van der Waals surface area contributed by atoms with E-state index in [0.29, 0.717) is 5.02 Å². The van der Waals surface area contributed by atoms with Crippen LogP contribution in [0.5, 0.6) is 0 Å². The van der Waals surface area contributed by atoms with Crippen LogP contribution in [0.25, 0.3) is 10.8 Å². The summed E-state index contributed by atoms with van der Waals surface area (Å²) >= 11 is 15.8. The van der Waals surface area contributed by atoms with Gasteiger partial charge >= 0.3 is 0 Å². The van der Waals surface area contributed by atoms with Gasteiger partial charge in [0.15, 0.2) is 0 Å². The number of pyridine rings is 1. The van der Waals surface area contributed by atoms with E-state index in [1.54, 1.807) is 6.20 Å². The van der Waals surface area contributed by atoms with Crippen LogP contribution in [0.4, 0.5) is 11.5 Å². The number of aryl methyl sites for hydroxylation is 1. The number of benzene rings is 3. The summed E-state index contributed by atoms with van der Waals surface area (Å²) in [6.45, 7) is 2.05. The number of nitrogens with one attached hydrogen (secondary N) is 1. The Morgan fingerprint density at radius 3 is 2.43 bits per heavy atom. The van der Waals surface area contributed by atoms with Crippen LogP contribution in [-0.2, 0) is 0 Å². The second kappa shape index (κ2) is 8.00. The van der Waals surface area contributed by atoms with Crippen molar-refractivity contribution in [1.82, 2.24) is 4.98 Å². The zero-order chi connectivity index (χ0) is 19.7. The fraction of sp³-hybridized carbons (Fsp3) is 0.0435. The molecule has 3 aromatic carbocycles. The summed E-state index contributed by atoms with van der Waals surface area (Å²) in [7, 11) is 0. The zero-order valence-electron chi connectivity index (χ0n) is 15.0. The van der Waals surface area contributed by atoms with Gasteiger partial charge in [0.2, 0.25) is 0 Å². The third-order valence-corrected chi connectivity index (χ3v) is 6.00. The van der Waals surface area contributed by atoms with Gasteiger partial charge in [0.25, 0.3) is 0 Å². The maximum atomic E-state index is 6.58. The van der Waals surface area contributed by atoms with Gasteiger partial charge in [-0.15, -0.1) is 0 Å². The monoisotopic (exact) mass is 466 g/mol. The Morgan fingerprint density at radius 2 is 1.68 bits per heavy atom. The number of halogens is 2. The number of aromatic nitrogens is 1. The Labute approximate surface area is 182 Å². The van der Waals surface area contributed by atoms with Crippen LogP contribution in [-0.4, -0.2) is 9.85 Å². The van der Waals surface area contributed by atoms with E-state index in [4.69, 9.17) is 23.8 Å². The number of nitrogens with zero attached hydrogens (tertiary/aromatic N) is 1. The summed E-state index contributed by atoms with van der Waals surface area (Å²) in [5.74, 6) is 0.782. The van der Waals surface area contributed by atoms with Crippen molar-refractivity contribution in [2.24, 2.45) is 0 Å². The van der Waals surface area contributed by atoms with E-state index in [1.807, 2.05) is 54.6 Å². The molecule has 0 spiro atoms. The molecule has 0 fully saturated rings. The number of rotatable bonds is 4. The van der Waals surface area contributed by atoms with E-state index in [1.165, 1.54) is 0 Å². The summed E-state index contributed by atoms with van der Waals surface area (Å²) in [5.41, 5.74) is 3.88. The SMILES string of the molecule is Cc1ccccc1C(=S)c1ccc(Nc2ncc(Br)c3ccccc23)cc1Cl. The van der Waals surface area contributed by atoms with Crippen molar-refractivity contribution in [2.45, 2.75) is 6.92 Å². The molecular formula is C23H16BrClN2S. The van der Waals surface area contributed by atoms with Gasteiger partial charge in [-0.3, -0.25) is 0 Å². The summed E-state index contributed by atoms with van der Waals surface area (Å²) < 4.78 is 0.964. The van der Waals surface area contributed by atoms with Gasteiger partial charge < -0.3 is 5.32 Å². The Morgan fingerprint density at radius 1 is 0.964 bits per heavy atom. The first-order valence-electron chi connectivity index (χ1n) is 8.75. The molecule has 1 heterocycles. The molecule has 0 atom stereocenters. The molecule has 1 N–H and O–H groups in total. The van der Waals surface area contributed by atoms with E-state index in [2.05, 4.69) is 45.3 Å². The first kappa shape index (κ1) is 19.1. The van der Waals surface area contributed by atoms with Crippen molar-refractivity contribution >= 4 is 66.9 Å².